The fraction of sp³-hybridized carbons (Fsp3) is 0.167. The minimum atomic E-state index is -0.353. The second-order valence-corrected chi connectivity index (χ2v) is 5.27. The summed E-state index contributed by atoms with van der Waals surface area (Å²) in [6.45, 7) is 4.30. The van der Waals surface area contributed by atoms with Crippen LogP contribution in [-0.2, 0) is 11.3 Å². The number of esters is 1. The van der Waals surface area contributed by atoms with Crippen molar-refractivity contribution >= 4 is 17.0 Å². The van der Waals surface area contributed by atoms with E-state index >= 15 is 0 Å². The van der Waals surface area contributed by atoms with Gasteiger partial charge in [0.1, 0.15) is 6.61 Å². The highest BCUT2D eigenvalue weighted by molar-refractivity contribution is 5.93. The number of ether oxygens (including phenoxy) is 1. The van der Waals surface area contributed by atoms with E-state index in [0.29, 0.717) is 11.1 Å². The molecule has 4 nitrogen and oxygen atoms in total. The lowest BCUT2D eigenvalue weighted by atomic mass is 10.1. The van der Waals surface area contributed by atoms with E-state index in [1.54, 1.807) is 30.6 Å². The molecule has 2 aromatic carbocycles. The van der Waals surface area contributed by atoms with Crippen LogP contribution in [0, 0.1) is 13.8 Å². The Morgan fingerprint density at radius 1 is 1.00 bits per heavy atom. The Hall–Kier alpha value is -2.75. The number of rotatable bonds is 3. The molecule has 3 rings (SSSR count). The lowest BCUT2D eigenvalue weighted by Gasteiger charge is -2.09. The van der Waals surface area contributed by atoms with Crippen LogP contribution < -0.4 is 0 Å². The number of carbonyl (C=O) groups is 1. The van der Waals surface area contributed by atoms with Gasteiger partial charge in [0.15, 0.2) is 0 Å². The molecule has 3 aromatic rings. The maximum atomic E-state index is 12.2. The molecule has 0 N–H and O–H groups in total. The maximum Gasteiger partial charge on any atom is 0.338 e. The minimum Gasteiger partial charge on any atom is -0.457 e. The molecule has 22 heavy (non-hydrogen) atoms. The first-order chi connectivity index (χ1) is 10.6. The first-order valence-electron chi connectivity index (χ1n) is 7.07. The van der Waals surface area contributed by atoms with E-state index in [4.69, 9.17) is 4.74 Å². The van der Waals surface area contributed by atoms with Crippen molar-refractivity contribution in [3.63, 3.8) is 0 Å². The Bertz CT molecular complexity index is 843. The molecule has 0 spiro atoms. The number of nitrogens with zero attached hydrogens (tertiary/aromatic N) is 2. The second-order valence-electron chi connectivity index (χ2n) is 5.27. The zero-order valence-electron chi connectivity index (χ0n) is 12.5. The number of benzene rings is 2. The van der Waals surface area contributed by atoms with Crippen molar-refractivity contribution in [1.82, 2.24) is 9.97 Å². The largest absolute Gasteiger partial charge is 0.457 e. The van der Waals surface area contributed by atoms with Crippen molar-refractivity contribution in [3.8, 4) is 0 Å². The van der Waals surface area contributed by atoms with Crippen LogP contribution >= 0.6 is 0 Å². The average Bonchev–Trinajstić information content (AvgIpc) is 2.55. The van der Waals surface area contributed by atoms with Gasteiger partial charge in [-0.05, 0) is 43.2 Å². The standard InChI is InChI=1S/C18H16N2O2/c1-12-3-4-13(2)15(9-12)11-22-18(21)14-5-6-16-17(10-14)20-8-7-19-16/h3-10H,11H2,1-2H3. The topological polar surface area (TPSA) is 52.1 Å². The number of aromatic nitrogens is 2. The molecule has 1 aromatic heterocycles. The van der Waals surface area contributed by atoms with Crippen LogP contribution in [0.15, 0.2) is 48.8 Å². The molecule has 0 bridgehead atoms. The molecule has 0 radical (unpaired) electrons. The first kappa shape index (κ1) is 14.2. The van der Waals surface area contributed by atoms with Crippen LogP contribution in [-0.4, -0.2) is 15.9 Å². The second kappa shape index (κ2) is 5.93. The van der Waals surface area contributed by atoms with Gasteiger partial charge >= 0.3 is 5.97 Å². The number of aryl methyl sites for hydroxylation is 2. The third kappa shape index (κ3) is 2.96. The molecule has 0 saturated heterocycles. The molecular weight excluding hydrogens is 276 g/mol. The van der Waals surface area contributed by atoms with Crippen molar-refractivity contribution in [2.24, 2.45) is 0 Å². The highest BCUT2D eigenvalue weighted by Crippen LogP contribution is 2.15. The summed E-state index contributed by atoms with van der Waals surface area (Å²) >= 11 is 0. The number of hydrogen-bond acceptors (Lipinski definition) is 4. The highest BCUT2D eigenvalue weighted by atomic mass is 16.5. The molecule has 0 aliphatic rings. The van der Waals surface area contributed by atoms with Gasteiger partial charge in [-0.2, -0.15) is 0 Å². The fourth-order valence-corrected chi connectivity index (χ4v) is 2.27. The van der Waals surface area contributed by atoms with Crippen LogP contribution in [0.5, 0.6) is 0 Å². The highest BCUT2D eigenvalue weighted by Gasteiger charge is 2.10. The Morgan fingerprint density at radius 2 is 1.77 bits per heavy atom. The molecule has 0 aliphatic carbocycles. The molecule has 0 saturated carbocycles. The first-order valence-corrected chi connectivity index (χ1v) is 7.07. The van der Waals surface area contributed by atoms with Crippen molar-refractivity contribution in [2.75, 3.05) is 0 Å². The monoisotopic (exact) mass is 292 g/mol. The Kier molecular flexibility index (Phi) is 3.83. The van der Waals surface area contributed by atoms with E-state index in [9.17, 15) is 4.79 Å². The minimum absolute atomic E-state index is 0.269. The van der Waals surface area contributed by atoms with Crippen LogP contribution in [0.4, 0.5) is 0 Å². The summed E-state index contributed by atoms with van der Waals surface area (Å²) in [5.74, 6) is -0.353. The molecule has 1 heterocycles. The van der Waals surface area contributed by atoms with Gasteiger partial charge in [0.2, 0.25) is 0 Å². The van der Waals surface area contributed by atoms with Crippen LogP contribution in [0.1, 0.15) is 27.0 Å². The summed E-state index contributed by atoms with van der Waals surface area (Å²) in [7, 11) is 0. The van der Waals surface area contributed by atoms with Gasteiger partial charge in [-0.25, -0.2) is 4.79 Å². The third-order valence-electron chi connectivity index (χ3n) is 3.57. The summed E-state index contributed by atoms with van der Waals surface area (Å²) < 4.78 is 5.41. The number of hydrogen-bond donors (Lipinski definition) is 0. The molecule has 0 atom stereocenters. The zero-order chi connectivity index (χ0) is 15.5. The summed E-state index contributed by atoms with van der Waals surface area (Å²) in [5.41, 5.74) is 5.21. The quantitative estimate of drug-likeness (QED) is 0.692. The van der Waals surface area contributed by atoms with Gasteiger partial charge in [-0.3, -0.25) is 9.97 Å². The maximum absolute atomic E-state index is 12.2. The normalized spacial score (nSPS) is 10.6. The fourth-order valence-electron chi connectivity index (χ4n) is 2.27. The van der Waals surface area contributed by atoms with E-state index < -0.39 is 0 Å². The lowest BCUT2D eigenvalue weighted by molar-refractivity contribution is 0.0472. The van der Waals surface area contributed by atoms with Crippen LogP contribution in [0.3, 0.4) is 0 Å². The predicted octanol–water partition coefficient (Wildman–Crippen LogP) is 3.60. The Labute approximate surface area is 128 Å². The molecule has 0 aliphatic heterocycles. The molecule has 110 valence electrons. The number of carbonyl (C=O) groups excluding carboxylic acids is 1. The average molecular weight is 292 g/mol. The summed E-state index contributed by atoms with van der Waals surface area (Å²) in [6.07, 6.45) is 3.23. The van der Waals surface area contributed by atoms with Crippen molar-refractivity contribution in [3.05, 3.63) is 71.0 Å². The molecule has 4 heteroatoms. The van der Waals surface area contributed by atoms with Gasteiger partial charge in [-0.15, -0.1) is 0 Å². The van der Waals surface area contributed by atoms with Crippen molar-refractivity contribution in [2.45, 2.75) is 20.5 Å². The van der Waals surface area contributed by atoms with E-state index in [0.717, 1.165) is 22.2 Å². The van der Waals surface area contributed by atoms with Crippen LogP contribution in [0.2, 0.25) is 0 Å². The number of fused-ring (bicyclic) bond motifs is 1. The van der Waals surface area contributed by atoms with E-state index in [1.807, 2.05) is 32.0 Å². The Balaban J connectivity index is 1.77. The SMILES string of the molecule is Cc1ccc(C)c(COC(=O)c2ccc3nccnc3c2)c1. The summed E-state index contributed by atoms with van der Waals surface area (Å²) in [5, 5.41) is 0. The van der Waals surface area contributed by atoms with Crippen molar-refractivity contribution < 1.29 is 9.53 Å². The summed E-state index contributed by atoms with van der Waals surface area (Å²) in [6, 6.07) is 11.3. The van der Waals surface area contributed by atoms with E-state index in [1.165, 1.54) is 0 Å². The van der Waals surface area contributed by atoms with Gasteiger partial charge in [0, 0.05) is 12.4 Å². The van der Waals surface area contributed by atoms with Gasteiger partial charge < -0.3 is 4.74 Å². The lowest BCUT2D eigenvalue weighted by Crippen LogP contribution is -2.06. The van der Waals surface area contributed by atoms with Gasteiger partial charge in [0.05, 0.1) is 16.6 Å². The van der Waals surface area contributed by atoms with Crippen molar-refractivity contribution in [1.29, 1.82) is 0 Å². The molecule has 0 unspecified atom stereocenters. The Morgan fingerprint density at radius 3 is 2.59 bits per heavy atom. The summed E-state index contributed by atoms with van der Waals surface area (Å²) in [4.78, 5) is 20.6. The van der Waals surface area contributed by atoms with E-state index in [2.05, 4.69) is 9.97 Å². The molecule has 0 fully saturated rings. The van der Waals surface area contributed by atoms with Crippen LogP contribution in [0.25, 0.3) is 11.0 Å². The van der Waals surface area contributed by atoms with E-state index in [-0.39, 0.29) is 12.6 Å². The molecule has 0 amide bonds. The predicted molar refractivity (Wildman–Crippen MR) is 84.6 cm³/mol. The van der Waals surface area contributed by atoms with Gasteiger partial charge in [0.25, 0.3) is 0 Å². The smallest absolute Gasteiger partial charge is 0.338 e. The zero-order valence-corrected chi connectivity index (χ0v) is 12.5. The van der Waals surface area contributed by atoms with Gasteiger partial charge in [-0.1, -0.05) is 23.8 Å². The molecular formula is C18H16N2O2. The third-order valence-corrected chi connectivity index (χ3v) is 3.57.